The summed E-state index contributed by atoms with van der Waals surface area (Å²) in [5.74, 6) is -1.47. The Morgan fingerprint density at radius 2 is 1.71 bits per heavy atom. The van der Waals surface area contributed by atoms with Crippen LogP contribution in [-0.2, 0) is 27.4 Å². The third-order valence-corrected chi connectivity index (χ3v) is 3.55. The first-order valence-electron chi connectivity index (χ1n) is 7.78. The largest absolute Gasteiger partial charge is 0.481 e. The van der Waals surface area contributed by atoms with Crippen LogP contribution in [0.1, 0.15) is 18.1 Å². The molecular formula is C19H21NO4. The SMILES string of the molecule is CC(Cc1ccc(NC(=O)COCc2ccccc2)cc1)C(=O)O. The number of hydrogen-bond donors (Lipinski definition) is 2. The van der Waals surface area contributed by atoms with Gasteiger partial charge in [0.1, 0.15) is 6.61 Å². The molecule has 1 unspecified atom stereocenters. The molecule has 24 heavy (non-hydrogen) atoms. The average Bonchev–Trinajstić information content (AvgIpc) is 2.57. The Hall–Kier alpha value is -2.66. The Labute approximate surface area is 141 Å². The van der Waals surface area contributed by atoms with Crippen molar-refractivity contribution in [3.63, 3.8) is 0 Å². The summed E-state index contributed by atoms with van der Waals surface area (Å²) in [6.45, 7) is 2.04. The number of anilines is 1. The number of amides is 1. The number of nitrogens with one attached hydrogen (secondary N) is 1. The number of carboxylic acids is 1. The second-order valence-corrected chi connectivity index (χ2v) is 5.67. The van der Waals surface area contributed by atoms with Gasteiger partial charge in [0.25, 0.3) is 0 Å². The Morgan fingerprint density at radius 1 is 1.04 bits per heavy atom. The lowest BCUT2D eigenvalue weighted by molar-refractivity contribution is -0.141. The van der Waals surface area contributed by atoms with Crippen LogP contribution in [0.2, 0.25) is 0 Å². The fourth-order valence-corrected chi connectivity index (χ4v) is 2.20. The Bertz CT molecular complexity index is 668. The van der Waals surface area contributed by atoms with E-state index in [0.717, 1.165) is 11.1 Å². The molecule has 2 N–H and O–H groups in total. The van der Waals surface area contributed by atoms with Crippen LogP contribution in [0.25, 0.3) is 0 Å². The van der Waals surface area contributed by atoms with Crippen LogP contribution in [0.3, 0.4) is 0 Å². The first-order valence-corrected chi connectivity index (χ1v) is 7.78. The molecule has 0 aromatic heterocycles. The predicted octanol–water partition coefficient (Wildman–Crippen LogP) is 3.11. The summed E-state index contributed by atoms with van der Waals surface area (Å²) in [4.78, 5) is 22.7. The molecule has 5 heteroatoms. The lowest BCUT2D eigenvalue weighted by atomic mass is 10.0. The molecule has 1 atom stereocenters. The average molecular weight is 327 g/mol. The van der Waals surface area contributed by atoms with Crippen molar-refractivity contribution >= 4 is 17.6 Å². The fraction of sp³-hybridized carbons (Fsp3) is 0.263. The number of aliphatic carboxylic acids is 1. The second kappa shape index (κ2) is 8.84. The van der Waals surface area contributed by atoms with Crippen LogP contribution in [0, 0.1) is 5.92 Å². The summed E-state index contributed by atoms with van der Waals surface area (Å²) >= 11 is 0. The number of carboxylic acid groups (broad SMARTS) is 1. The van der Waals surface area contributed by atoms with Crippen LogP contribution in [0.15, 0.2) is 54.6 Å². The minimum Gasteiger partial charge on any atom is -0.481 e. The first kappa shape index (κ1) is 17.7. The Kier molecular flexibility index (Phi) is 6.51. The van der Waals surface area contributed by atoms with E-state index >= 15 is 0 Å². The van der Waals surface area contributed by atoms with Crippen molar-refractivity contribution in [2.75, 3.05) is 11.9 Å². The van der Waals surface area contributed by atoms with Gasteiger partial charge in [-0.1, -0.05) is 49.4 Å². The minimum atomic E-state index is -0.817. The van der Waals surface area contributed by atoms with Gasteiger partial charge >= 0.3 is 5.97 Å². The molecule has 5 nitrogen and oxygen atoms in total. The topological polar surface area (TPSA) is 75.6 Å². The van der Waals surface area contributed by atoms with Crippen LogP contribution in [0.5, 0.6) is 0 Å². The van der Waals surface area contributed by atoms with Gasteiger partial charge in [-0.05, 0) is 29.7 Å². The van der Waals surface area contributed by atoms with Crippen molar-refractivity contribution in [2.24, 2.45) is 5.92 Å². The molecule has 2 aromatic carbocycles. The molecule has 0 radical (unpaired) electrons. The van der Waals surface area contributed by atoms with E-state index in [4.69, 9.17) is 9.84 Å². The maximum Gasteiger partial charge on any atom is 0.306 e. The van der Waals surface area contributed by atoms with Crippen LogP contribution in [-0.4, -0.2) is 23.6 Å². The highest BCUT2D eigenvalue weighted by Crippen LogP contribution is 2.13. The number of ether oxygens (including phenoxy) is 1. The van der Waals surface area contributed by atoms with Crippen molar-refractivity contribution in [2.45, 2.75) is 20.0 Å². The summed E-state index contributed by atoms with van der Waals surface area (Å²) in [6, 6.07) is 16.8. The van der Waals surface area contributed by atoms with Crippen LogP contribution < -0.4 is 5.32 Å². The minimum absolute atomic E-state index is 0.0211. The molecule has 1 amide bonds. The van der Waals surface area contributed by atoms with E-state index in [9.17, 15) is 9.59 Å². The maximum atomic E-state index is 11.8. The summed E-state index contributed by atoms with van der Waals surface area (Å²) in [7, 11) is 0. The molecule has 2 aromatic rings. The third kappa shape index (κ3) is 5.85. The normalized spacial score (nSPS) is 11.7. The van der Waals surface area contributed by atoms with Gasteiger partial charge in [-0.3, -0.25) is 9.59 Å². The highest BCUT2D eigenvalue weighted by Gasteiger charge is 2.11. The monoisotopic (exact) mass is 327 g/mol. The van der Waals surface area contributed by atoms with E-state index in [1.54, 1.807) is 19.1 Å². The lowest BCUT2D eigenvalue weighted by Gasteiger charge is -2.09. The second-order valence-electron chi connectivity index (χ2n) is 5.67. The van der Waals surface area contributed by atoms with Gasteiger partial charge in [0, 0.05) is 5.69 Å². The molecule has 126 valence electrons. The lowest BCUT2D eigenvalue weighted by Crippen LogP contribution is -2.18. The summed E-state index contributed by atoms with van der Waals surface area (Å²) in [6.07, 6.45) is 0.462. The number of hydrogen-bond acceptors (Lipinski definition) is 3. The quantitative estimate of drug-likeness (QED) is 0.781. The molecule has 0 bridgehead atoms. The van der Waals surface area contributed by atoms with Crippen molar-refractivity contribution in [1.29, 1.82) is 0 Å². The Morgan fingerprint density at radius 3 is 2.33 bits per heavy atom. The molecule has 0 saturated heterocycles. The summed E-state index contributed by atoms with van der Waals surface area (Å²) in [5, 5.41) is 11.7. The standard InChI is InChI=1S/C19H21NO4/c1-14(19(22)23)11-15-7-9-17(10-8-15)20-18(21)13-24-12-16-5-3-2-4-6-16/h2-10,14H,11-13H2,1H3,(H,20,21)(H,22,23). The molecule has 0 saturated carbocycles. The van der Waals surface area contributed by atoms with Gasteiger partial charge in [-0.2, -0.15) is 0 Å². The van der Waals surface area contributed by atoms with E-state index in [0.29, 0.717) is 18.7 Å². The molecule has 0 heterocycles. The van der Waals surface area contributed by atoms with Gasteiger partial charge in [-0.25, -0.2) is 0 Å². The summed E-state index contributed by atoms with van der Waals surface area (Å²) < 4.78 is 5.38. The zero-order valence-electron chi connectivity index (χ0n) is 13.6. The molecule has 0 spiro atoms. The maximum absolute atomic E-state index is 11.8. The molecule has 0 fully saturated rings. The zero-order valence-corrected chi connectivity index (χ0v) is 13.6. The van der Waals surface area contributed by atoms with Gasteiger partial charge in [0.15, 0.2) is 0 Å². The van der Waals surface area contributed by atoms with Crippen molar-refractivity contribution in [3.8, 4) is 0 Å². The number of carbonyl (C=O) groups is 2. The number of carbonyl (C=O) groups excluding carboxylic acids is 1. The van der Waals surface area contributed by atoms with Crippen molar-refractivity contribution in [3.05, 3.63) is 65.7 Å². The molecule has 0 aliphatic carbocycles. The smallest absolute Gasteiger partial charge is 0.306 e. The van der Waals surface area contributed by atoms with E-state index in [1.165, 1.54) is 0 Å². The first-order chi connectivity index (χ1) is 11.5. The number of rotatable bonds is 8. The molecule has 0 aliphatic rings. The molecular weight excluding hydrogens is 306 g/mol. The summed E-state index contributed by atoms with van der Waals surface area (Å²) in [5.41, 5.74) is 2.60. The van der Waals surface area contributed by atoms with Crippen LogP contribution in [0.4, 0.5) is 5.69 Å². The van der Waals surface area contributed by atoms with Crippen molar-refractivity contribution in [1.82, 2.24) is 0 Å². The Balaban J connectivity index is 1.76. The third-order valence-electron chi connectivity index (χ3n) is 3.55. The number of benzene rings is 2. The van der Waals surface area contributed by atoms with Gasteiger partial charge in [-0.15, -0.1) is 0 Å². The highest BCUT2D eigenvalue weighted by molar-refractivity contribution is 5.91. The van der Waals surface area contributed by atoms with Crippen LogP contribution >= 0.6 is 0 Å². The highest BCUT2D eigenvalue weighted by atomic mass is 16.5. The zero-order chi connectivity index (χ0) is 17.4. The van der Waals surface area contributed by atoms with Gasteiger partial charge in [0.2, 0.25) is 5.91 Å². The predicted molar refractivity (Wildman–Crippen MR) is 91.7 cm³/mol. The molecule has 2 rings (SSSR count). The van der Waals surface area contributed by atoms with E-state index in [2.05, 4.69) is 5.32 Å². The molecule has 0 aliphatic heterocycles. The fourth-order valence-electron chi connectivity index (χ4n) is 2.20. The van der Waals surface area contributed by atoms with Crippen molar-refractivity contribution < 1.29 is 19.4 Å². The van der Waals surface area contributed by atoms with E-state index in [1.807, 2.05) is 42.5 Å². The van der Waals surface area contributed by atoms with Gasteiger partial charge in [0.05, 0.1) is 12.5 Å². The van der Waals surface area contributed by atoms with E-state index < -0.39 is 11.9 Å². The van der Waals surface area contributed by atoms with E-state index in [-0.39, 0.29) is 12.5 Å². The van der Waals surface area contributed by atoms with Gasteiger partial charge < -0.3 is 15.2 Å².